The van der Waals surface area contributed by atoms with Gasteiger partial charge in [-0.1, -0.05) is 6.92 Å². The van der Waals surface area contributed by atoms with Crippen molar-refractivity contribution in [1.82, 2.24) is 5.32 Å². The lowest BCUT2D eigenvalue weighted by Gasteiger charge is -2.22. The van der Waals surface area contributed by atoms with Gasteiger partial charge in [-0.2, -0.15) is 0 Å². The number of nitrogens with two attached hydrogens (primary N) is 1. The Morgan fingerprint density at radius 1 is 1.47 bits per heavy atom. The molecule has 0 radical (unpaired) electrons. The second-order valence-corrected chi connectivity index (χ2v) is 5.06. The van der Waals surface area contributed by atoms with Crippen LogP contribution in [-0.4, -0.2) is 31.8 Å². The molecule has 1 unspecified atom stereocenters. The first-order valence-corrected chi connectivity index (χ1v) is 6.21. The fourth-order valence-electron chi connectivity index (χ4n) is 1.33. The third-order valence-electron chi connectivity index (χ3n) is 3.03. The molecule has 0 saturated heterocycles. The van der Waals surface area contributed by atoms with Gasteiger partial charge in [-0.3, -0.25) is 0 Å². The Hall–Kier alpha value is -0.120. The number of hydrogen-bond donors (Lipinski definition) is 2. The van der Waals surface area contributed by atoms with Crippen LogP contribution in [0.1, 0.15) is 39.5 Å². The fraction of sp³-hybridized carbons (Fsp3) is 1.00. The SMILES string of the molecule is CCC(C)(N)CNCCCOCC1CC1. The van der Waals surface area contributed by atoms with Crippen molar-refractivity contribution in [2.45, 2.75) is 45.1 Å². The van der Waals surface area contributed by atoms with Crippen molar-refractivity contribution in [1.29, 1.82) is 0 Å². The van der Waals surface area contributed by atoms with Crippen LogP contribution in [0, 0.1) is 5.92 Å². The number of nitrogens with one attached hydrogen (secondary N) is 1. The van der Waals surface area contributed by atoms with E-state index in [4.69, 9.17) is 10.5 Å². The lowest BCUT2D eigenvalue weighted by molar-refractivity contribution is 0.122. The molecule has 1 aliphatic carbocycles. The van der Waals surface area contributed by atoms with Gasteiger partial charge in [0.25, 0.3) is 0 Å². The van der Waals surface area contributed by atoms with Gasteiger partial charge < -0.3 is 15.8 Å². The smallest absolute Gasteiger partial charge is 0.0494 e. The highest BCUT2D eigenvalue weighted by Crippen LogP contribution is 2.28. The molecule has 3 nitrogen and oxygen atoms in total. The van der Waals surface area contributed by atoms with Crippen molar-refractivity contribution in [3.05, 3.63) is 0 Å². The van der Waals surface area contributed by atoms with Crippen molar-refractivity contribution in [2.24, 2.45) is 11.7 Å². The molecule has 1 saturated carbocycles. The predicted molar refractivity (Wildman–Crippen MR) is 63.9 cm³/mol. The highest BCUT2D eigenvalue weighted by molar-refractivity contribution is 4.78. The summed E-state index contributed by atoms with van der Waals surface area (Å²) in [5.74, 6) is 0.880. The first-order valence-electron chi connectivity index (χ1n) is 6.21. The molecule has 0 spiro atoms. The standard InChI is InChI=1S/C12H26N2O/c1-3-12(2,13)10-14-7-4-8-15-9-11-5-6-11/h11,14H,3-10,13H2,1-2H3. The summed E-state index contributed by atoms with van der Waals surface area (Å²) in [5, 5.41) is 3.38. The van der Waals surface area contributed by atoms with E-state index in [-0.39, 0.29) is 5.54 Å². The lowest BCUT2D eigenvalue weighted by Crippen LogP contribution is -2.45. The van der Waals surface area contributed by atoms with Crippen molar-refractivity contribution in [3.63, 3.8) is 0 Å². The zero-order valence-electron chi connectivity index (χ0n) is 10.2. The molecule has 0 amide bonds. The second-order valence-electron chi connectivity index (χ2n) is 5.06. The Bertz CT molecular complexity index is 167. The summed E-state index contributed by atoms with van der Waals surface area (Å²) in [6.07, 6.45) is 4.85. The summed E-state index contributed by atoms with van der Waals surface area (Å²) in [6.45, 7) is 7.98. The van der Waals surface area contributed by atoms with E-state index in [1.165, 1.54) is 12.8 Å². The van der Waals surface area contributed by atoms with Crippen LogP contribution in [0.4, 0.5) is 0 Å². The lowest BCUT2D eigenvalue weighted by atomic mass is 10.0. The number of ether oxygens (including phenoxy) is 1. The van der Waals surface area contributed by atoms with Crippen molar-refractivity contribution in [3.8, 4) is 0 Å². The van der Waals surface area contributed by atoms with Gasteiger partial charge in [0.15, 0.2) is 0 Å². The van der Waals surface area contributed by atoms with E-state index in [9.17, 15) is 0 Å². The molecule has 1 fully saturated rings. The third kappa shape index (κ3) is 6.88. The Kier molecular flexibility index (Phi) is 5.58. The van der Waals surface area contributed by atoms with E-state index >= 15 is 0 Å². The molecule has 0 bridgehead atoms. The topological polar surface area (TPSA) is 47.3 Å². The van der Waals surface area contributed by atoms with Crippen LogP contribution in [0.25, 0.3) is 0 Å². The van der Waals surface area contributed by atoms with Gasteiger partial charge in [-0.25, -0.2) is 0 Å². The molecule has 0 aromatic carbocycles. The average molecular weight is 214 g/mol. The van der Waals surface area contributed by atoms with Crippen molar-refractivity contribution < 1.29 is 4.74 Å². The van der Waals surface area contributed by atoms with E-state index in [1.807, 2.05) is 0 Å². The second kappa shape index (κ2) is 6.46. The van der Waals surface area contributed by atoms with Crippen LogP contribution in [0.5, 0.6) is 0 Å². The van der Waals surface area contributed by atoms with E-state index < -0.39 is 0 Å². The molecule has 0 aromatic heterocycles. The van der Waals surface area contributed by atoms with Crippen LogP contribution in [0.15, 0.2) is 0 Å². The minimum atomic E-state index is -0.0606. The monoisotopic (exact) mass is 214 g/mol. The molecular formula is C12H26N2O. The van der Waals surface area contributed by atoms with Gasteiger partial charge in [0.05, 0.1) is 0 Å². The third-order valence-corrected chi connectivity index (χ3v) is 3.03. The molecule has 0 heterocycles. The van der Waals surface area contributed by atoms with Crippen LogP contribution in [-0.2, 0) is 4.74 Å². The first-order chi connectivity index (χ1) is 7.14. The molecule has 0 aromatic rings. The van der Waals surface area contributed by atoms with Gasteiger partial charge in [0, 0.05) is 25.3 Å². The van der Waals surface area contributed by atoms with Crippen LogP contribution >= 0.6 is 0 Å². The molecular weight excluding hydrogens is 188 g/mol. The molecule has 15 heavy (non-hydrogen) atoms. The van der Waals surface area contributed by atoms with Gasteiger partial charge in [0.1, 0.15) is 0 Å². The zero-order valence-corrected chi connectivity index (χ0v) is 10.2. The molecule has 3 heteroatoms. The average Bonchev–Trinajstić information content (AvgIpc) is 3.00. The maximum absolute atomic E-state index is 6.01. The number of hydrogen-bond acceptors (Lipinski definition) is 3. The normalized spacial score (nSPS) is 20.2. The van der Waals surface area contributed by atoms with E-state index in [0.29, 0.717) is 0 Å². The summed E-state index contributed by atoms with van der Waals surface area (Å²) in [7, 11) is 0. The minimum Gasteiger partial charge on any atom is -0.381 e. The Morgan fingerprint density at radius 2 is 2.20 bits per heavy atom. The molecule has 1 rings (SSSR count). The van der Waals surface area contributed by atoms with E-state index in [2.05, 4.69) is 19.2 Å². The van der Waals surface area contributed by atoms with Gasteiger partial charge in [0.2, 0.25) is 0 Å². The van der Waals surface area contributed by atoms with Gasteiger partial charge in [-0.05, 0) is 45.1 Å². The van der Waals surface area contributed by atoms with Crippen molar-refractivity contribution in [2.75, 3.05) is 26.3 Å². The minimum absolute atomic E-state index is 0.0606. The highest BCUT2D eigenvalue weighted by Gasteiger charge is 2.20. The maximum Gasteiger partial charge on any atom is 0.0494 e. The van der Waals surface area contributed by atoms with E-state index in [0.717, 1.165) is 45.1 Å². The Labute approximate surface area is 93.8 Å². The van der Waals surface area contributed by atoms with Gasteiger partial charge in [-0.15, -0.1) is 0 Å². The van der Waals surface area contributed by atoms with Gasteiger partial charge >= 0.3 is 0 Å². The molecule has 0 aliphatic heterocycles. The molecule has 90 valence electrons. The maximum atomic E-state index is 6.01. The summed E-state index contributed by atoms with van der Waals surface area (Å²) < 4.78 is 5.54. The largest absolute Gasteiger partial charge is 0.381 e. The number of rotatable bonds is 9. The summed E-state index contributed by atoms with van der Waals surface area (Å²) in [6, 6.07) is 0. The predicted octanol–water partition coefficient (Wildman–Crippen LogP) is 1.52. The van der Waals surface area contributed by atoms with Crippen LogP contribution < -0.4 is 11.1 Å². The zero-order chi connectivity index (χ0) is 11.1. The summed E-state index contributed by atoms with van der Waals surface area (Å²) in [4.78, 5) is 0. The van der Waals surface area contributed by atoms with E-state index in [1.54, 1.807) is 0 Å². The van der Waals surface area contributed by atoms with Crippen LogP contribution in [0.2, 0.25) is 0 Å². The Morgan fingerprint density at radius 3 is 2.80 bits per heavy atom. The van der Waals surface area contributed by atoms with Crippen molar-refractivity contribution >= 4 is 0 Å². The fourth-order valence-corrected chi connectivity index (χ4v) is 1.33. The first kappa shape index (κ1) is 12.9. The quantitative estimate of drug-likeness (QED) is 0.572. The Balaban J connectivity index is 1.79. The summed E-state index contributed by atoms with van der Waals surface area (Å²) >= 11 is 0. The summed E-state index contributed by atoms with van der Waals surface area (Å²) in [5.41, 5.74) is 5.95. The highest BCUT2D eigenvalue weighted by atomic mass is 16.5. The molecule has 3 N–H and O–H groups in total. The molecule has 1 atom stereocenters. The van der Waals surface area contributed by atoms with Crippen LogP contribution in [0.3, 0.4) is 0 Å². The molecule has 1 aliphatic rings.